The quantitative estimate of drug-likeness (QED) is 0.926. The number of ether oxygens (including phenoxy) is 1. The van der Waals surface area contributed by atoms with Gasteiger partial charge >= 0.3 is 0 Å². The molecule has 0 saturated carbocycles. The summed E-state index contributed by atoms with van der Waals surface area (Å²) in [6.07, 6.45) is 4.41. The van der Waals surface area contributed by atoms with Gasteiger partial charge in [0.15, 0.2) is 0 Å². The van der Waals surface area contributed by atoms with Crippen molar-refractivity contribution >= 4 is 17.5 Å². The van der Waals surface area contributed by atoms with Crippen molar-refractivity contribution in [2.24, 2.45) is 0 Å². The average Bonchev–Trinajstić information content (AvgIpc) is 2.62. The third-order valence-electron chi connectivity index (χ3n) is 3.71. The van der Waals surface area contributed by atoms with Gasteiger partial charge in [0.2, 0.25) is 0 Å². The zero-order valence-corrected chi connectivity index (χ0v) is 13.3. The van der Waals surface area contributed by atoms with Crippen molar-refractivity contribution in [3.63, 3.8) is 0 Å². The molecule has 0 bridgehead atoms. The molecule has 7 nitrogen and oxygen atoms in total. The van der Waals surface area contributed by atoms with Crippen LogP contribution in [-0.2, 0) is 4.74 Å². The number of anilines is 1. The van der Waals surface area contributed by atoms with Gasteiger partial charge in [0.1, 0.15) is 5.69 Å². The number of hydrogen-bond acceptors (Lipinski definition) is 5. The summed E-state index contributed by atoms with van der Waals surface area (Å²) in [4.78, 5) is 34.1. The molecular formula is C17H18N4O3. The van der Waals surface area contributed by atoms with Crippen molar-refractivity contribution < 1.29 is 14.3 Å². The van der Waals surface area contributed by atoms with Crippen molar-refractivity contribution in [1.82, 2.24) is 14.9 Å². The Hall–Kier alpha value is -2.80. The zero-order valence-electron chi connectivity index (χ0n) is 13.3. The number of aromatic nitrogens is 2. The molecule has 0 radical (unpaired) electrons. The number of rotatable bonds is 3. The van der Waals surface area contributed by atoms with E-state index in [-0.39, 0.29) is 23.6 Å². The molecule has 7 heteroatoms. The van der Waals surface area contributed by atoms with Crippen LogP contribution in [0, 0.1) is 0 Å². The zero-order chi connectivity index (χ0) is 16.9. The summed E-state index contributed by atoms with van der Waals surface area (Å²) < 4.78 is 5.45. The van der Waals surface area contributed by atoms with Crippen LogP contribution in [0.2, 0.25) is 0 Å². The maximum absolute atomic E-state index is 12.5. The van der Waals surface area contributed by atoms with Crippen LogP contribution in [0.25, 0.3) is 0 Å². The molecule has 1 saturated heterocycles. The van der Waals surface area contributed by atoms with Crippen molar-refractivity contribution in [3.8, 4) is 0 Å². The Morgan fingerprint density at radius 1 is 1.25 bits per heavy atom. The molecule has 1 fully saturated rings. The molecule has 1 atom stereocenters. The van der Waals surface area contributed by atoms with Gasteiger partial charge in [-0.1, -0.05) is 0 Å². The molecule has 0 spiro atoms. The first-order valence-electron chi connectivity index (χ1n) is 7.72. The molecule has 1 aliphatic heterocycles. The number of carbonyl (C=O) groups is 2. The molecule has 2 heterocycles. The Bertz CT molecular complexity index is 718. The predicted octanol–water partition coefficient (Wildman–Crippen LogP) is 1.59. The van der Waals surface area contributed by atoms with Crippen molar-refractivity contribution in [2.75, 3.05) is 25.0 Å². The standard InChI is InChI=1S/C17H18N4O3/c1-12-11-21(8-9-24-12)17(23)13-2-4-14(5-3-13)20-16(22)15-10-18-6-7-19-15/h2-7,10,12H,8-9,11H2,1H3,(H,20,22). The largest absolute Gasteiger partial charge is 0.375 e. The summed E-state index contributed by atoms with van der Waals surface area (Å²) in [5.41, 5.74) is 1.42. The maximum atomic E-state index is 12.5. The minimum Gasteiger partial charge on any atom is -0.375 e. The summed E-state index contributed by atoms with van der Waals surface area (Å²) in [5, 5.41) is 2.72. The van der Waals surface area contributed by atoms with E-state index < -0.39 is 0 Å². The highest BCUT2D eigenvalue weighted by molar-refractivity contribution is 6.03. The second-order valence-corrected chi connectivity index (χ2v) is 5.55. The van der Waals surface area contributed by atoms with E-state index in [9.17, 15) is 9.59 Å². The highest BCUT2D eigenvalue weighted by Gasteiger charge is 2.22. The van der Waals surface area contributed by atoms with Crippen molar-refractivity contribution in [2.45, 2.75) is 13.0 Å². The number of amides is 2. The monoisotopic (exact) mass is 326 g/mol. The third kappa shape index (κ3) is 3.75. The molecule has 2 aromatic rings. The van der Waals surface area contributed by atoms with Gasteiger partial charge in [-0.2, -0.15) is 0 Å². The minimum absolute atomic E-state index is 0.0306. The van der Waals surface area contributed by atoms with E-state index in [1.807, 2.05) is 6.92 Å². The van der Waals surface area contributed by atoms with Gasteiger partial charge in [0.05, 0.1) is 18.9 Å². The molecule has 3 rings (SSSR count). The lowest BCUT2D eigenvalue weighted by Crippen LogP contribution is -2.44. The summed E-state index contributed by atoms with van der Waals surface area (Å²) >= 11 is 0. The fourth-order valence-corrected chi connectivity index (χ4v) is 2.49. The molecule has 1 aromatic carbocycles. The number of nitrogens with zero attached hydrogens (tertiary/aromatic N) is 3. The van der Waals surface area contributed by atoms with Crippen LogP contribution in [0.3, 0.4) is 0 Å². The predicted molar refractivity (Wildman–Crippen MR) is 87.7 cm³/mol. The van der Waals surface area contributed by atoms with Gasteiger partial charge in [-0.3, -0.25) is 14.6 Å². The maximum Gasteiger partial charge on any atom is 0.275 e. The third-order valence-corrected chi connectivity index (χ3v) is 3.71. The number of carbonyl (C=O) groups excluding carboxylic acids is 2. The summed E-state index contributed by atoms with van der Waals surface area (Å²) in [6, 6.07) is 6.81. The topological polar surface area (TPSA) is 84.4 Å². The Morgan fingerprint density at radius 2 is 2.04 bits per heavy atom. The fraction of sp³-hybridized carbons (Fsp3) is 0.294. The van der Waals surface area contributed by atoms with Crippen LogP contribution in [0.5, 0.6) is 0 Å². The Balaban J connectivity index is 1.65. The van der Waals surface area contributed by atoms with Crippen LogP contribution in [0.15, 0.2) is 42.9 Å². The lowest BCUT2D eigenvalue weighted by Gasteiger charge is -2.31. The Morgan fingerprint density at radius 3 is 2.71 bits per heavy atom. The molecule has 1 unspecified atom stereocenters. The van der Waals surface area contributed by atoms with Crippen LogP contribution >= 0.6 is 0 Å². The van der Waals surface area contributed by atoms with Crippen LogP contribution in [-0.4, -0.2) is 52.5 Å². The first-order chi connectivity index (χ1) is 11.6. The Kier molecular flexibility index (Phi) is 4.81. The van der Waals surface area contributed by atoms with E-state index in [2.05, 4.69) is 15.3 Å². The highest BCUT2D eigenvalue weighted by Crippen LogP contribution is 2.14. The van der Waals surface area contributed by atoms with Gasteiger partial charge in [-0.25, -0.2) is 4.98 Å². The van der Waals surface area contributed by atoms with Crippen LogP contribution < -0.4 is 5.32 Å². The first-order valence-corrected chi connectivity index (χ1v) is 7.72. The van der Waals surface area contributed by atoms with Crippen LogP contribution in [0.1, 0.15) is 27.8 Å². The van der Waals surface area contributed by atoms with E-state index in [1.165, 1.54) is 18.6 Å². The Labute approximate surface area is 139 Å². The van der Waals surface area contributed by atoms with Gasteiger partial charge < -0.3 is 15.0 Å². The van der Waals surface area contributed by atoms with Gasteiger partial charge in [0, 0.05) is 36.7 Å². The summed E-state index contributed by atoms with van der Waals surface area (Å²) in [6.45, 7) is 3.68. The average molecular weight is 326 g/mol. The van der Waals surface area contributed by atoms with E-state index in [4.69, 9.17) is 4.74 Å². The fourth-order valence-electron chi connectivity index (χ4n) is 2.49. The molecule has 24 heavy (non-hydrogen) atoms. The van der Waals surface area contributed by atoms with E-state index in [0.29, 0.717) is 30.9 Å². The molecule has 2 amide bonds. The molecule has 1 aliphatic rings. The van der Waals surface area contributed by atoms with Crippen LogP contribution in [0.4, 0.5) is 5.69 Å². The molecule has 124 valence electrons. The first kappa shape index (κ1) is 16.1. The van der Waals surface area contributed by atoms with E-state index in [0.717, 1.165) is 0 Å². The minimum atomic E-state index is -0.343. The second kappa shape index (κ2) is 7.18. The van der Waals surface area contributed by atoms with Crippen molar-refractivity contribution in [3.05, 3.63) is 54.1 Å². The summed E-state index contributed by atoms with van der Waals surface area (Å²) in [7, 11) is 0. The van der Waals surface area contributed by atoms with Gasteiger partial charge in [0.25, 0.3) is 11.8 Å². The number of benzene rings is 1. The lowest BCUT2D eigenvalue weighted by molar-refractivity contribution is -0.0124. The number of hydrogen-bond donors (Lipinski definition) is 1. The normalized spacial score (nSPS) is 17.4. The van der Waals surface area contributed by atoms with Gasteiger partial charge in [-0.05, 0) is 31.2 Å². The lowest BCUT2D eigenvalue weighted by atomic mass is 10.1. The number of nitrogens with one attached hydrogen (secondary N) is 1. The molecule has 0 aliphatic carbocycles. The smallest absolute Gasteiger partial charge is 0.275 e. The second-order valence-electron chi connectivity index (χ2n) is 5.55. The SMILES string of the molecule is CC1CN(C(=O)c2ccc(NC(=O)c3cnccn3)cc2)CCO1. The molecule has 1 aromatic heterocycles. The highest BCUT2D eigenvalue weighted by atomic mass is 16.5. The van der Waals surface area contributed by atoms with E-state index in [1.54, 1.807) is 29.2 Å². The number of morpholine rings is 1. The molecule has 1 N–H and O–H groups in total. The van der Waals surface area contributed by atoms with Crippen molar-refractivity contribution in [1.29, 1.82) is 0 Å². The van der Waals surface area contributed by atoms with Gasteiger partial charge in [-0.15, -0.1) is 0 Å². The molecular weight excluding hydrogens is 308 g/mol. The summed E-state index contributed by atoms with van der Waals surface area (Å²) in [5.74, 6) is -0.374. The van der Waals surface area contributed by atoms with E-state index >= 15 is 0 Å².